The maximum atomic E-state index is 12.7. The number of carboxylic acid groups (broad SMARTS) is 1. The minimum absolute atomic E-state index is 0.0677. The molecule has 0 spiro atoms. The predicted molar refractivity (Wildman–Crippen MR) is 61.3 cm³/mol. The Morgan fingerprint density at radius 3 is 2.78 bits per heavy atom. The summed E-state index contributed by atoms with van der Waals surface area (Å²) in [6.45, 7) is 0.0877. The monoisotopic (exact) mass is 250 g/mol. The van der Waals surface area contributed by atoms with Crippen molar-refractivity contribution in [3.8, 4) is 11.4 Å². The van der Waals surface area contributed by atoms with Gasteiger partial charge in [0.15, 0.2) is 5.75 Å². The molecule has 0 radical (unpaired) electrons. The van der Waals surface area contributed by atoms with Crippen LogP contribution in [0.25, 0.3) is 5.69 Å². The maximum Gasteiger partial charge on any atom is 0.306 e. The molecule has 0 bridgehead atoms. The molecule has 5 nitrogen and oxygen atoms in total. The molecular formula is C12H11FN2O3. The van der Waals surface area contributed by atoms with Crippen molar-refractivity contribution in [2.75, 3.05) is 6.61 Å². The Kier molecular flexibility index (Phi) is 3.57. The van der Waals surface area contributed by atoms with Crippen molar-refractivity contribution in [1.29, 1.82) is 0 Å². The van der Waals surface area contributed by atoms with E-state index in [1.807, 2.05) is 0 Å². The number of carbonyl (C=O) groups is 1. The average molecular weight is 250 g/mol. The van der Waals surface area contributed by atoms with Crippen molar-refractivity contribution in [1.82, 2.24) is 9.78 Å². The molecule has 0 fully saturated rings. The van der Waals surface area contributed by atoms with Crippen molar-refractivity contribution in [3.05, 3.63) is 42.5 Å². The number of aromatic nitrogens is 2. The van der Waals surface area contributed by atoms with Crippen LogP contribution in [0.2, 0.25) is 0 Å². The first-order valence-electron chi connectivity index (χ1n) is 5.30. The Morgan fingerprint density at radius 2 is 2.11 bits per heavy atom. The van der Waals surface area contributed by atoms with E-state index in [9.17, 15) is 9.18 Å². The number of hydrogen-bond acceptors (Lipinski definition) is 3. The van der Waals surface area contributed by atoms with Crippen molar-refractivity contribution < 1.29 is 19.0 Å². The Balaban J connectivity index is 2.01. The zero-order chi connectivity index (χ0) is 13.0. The van der Waals surface area contributed by atoms with E-state index in [0.717, 1.165) is 0 Å². The van der Waals surface area contributed by atoms with Crippen LogP contribution in [0.5, 0.6) is 5.75 Å². The summed E-state index contributed by atoms with van der Waals surface area (Å²) in [7, 11) is 0. The van der Waals surface area contributed by atoms with E-state index in [4.69, 9.17) is 9.84 Å². The summed E-state index contributed by atoms with van der Waals surface area (Å²) in [5.41, 5.74) is 0.699. The van der Waals surface area contributed by atoms with Crippen LogP contribution in [0, 0.1) is 5.82 Å². The normalized spacial score (nSPS) is 10.3. The van der Waals surface area contributed by atoms with Crippen LogP contribution in [0.1, 0.15) is 6.42 Å². The zero-order valence-electron chi connectivity index (χ0n) is 9.41. The molecule has 2 rings (SSSR count). The highest BCUT2D eigenvalue weighted by Crippen LogP contribution is 2.14. The highest BCUT2D eigenvalue weighted by molar-refractivity contribution is 5.66. The van der Waals surface area contributed by atoms with Gasteiger partial charge in [-0.25, -0.2) is 9.07 Å². The number of aliphatic carboxylic acids is 1. The third kappa shape index (κ3) is 3.07. The van der Waals surface area contributed by atoms with Gasteiger partial charge in [0, 0.05) is 0 Å². The second-order valence-corrected chi connectivity index (χ2v) is 3.59. The number of ether oxygens (including phenoxy) is 1. The summed E-state index contributed by atoms with van der Waals surface area (Å²) in [5, 5.41) is 12.5. The molecule has 0 saturated carbocycles. The van der Waals surface area contributed by atoms with E-state index < -0.39 is 5.97 Å². The third-order valence-electron chi connectivity index (χ3n) is 2.23. The Hall–Kier alpha value is -2.37. The summed E-state index contributed by atoms with van der Waals surface area (Å²) >= 11 is 0. The minimum Gasteiger partial charge on any atom is -0.490 e. The molecule has 6 heteroatoms. The molecule has 0 aliphatic heterocycles. The van der Waals surface area contributed by atoms with E-state index in [-0.39, 0.29) is 18.8 Å². The first-order valence-corrected chi connectivity index (χ1v) is 5.30. The largest absolute Gasteiger partial charge is 0.490 e. The van der Waals surface area contributed by atoms with Crippen molar-refractivity contribution >= 4 is 5.97 Å². The smallest absolute Gasteiger partial charge is 0.306 e. The maximum absolute atomic E-state index is 12.7. The van der Waals surface area contributed by atoms with Crippen LogP contribution in [-0.2, 0) is 4.79 Å². The van der Waals surface area contributed by atoms with Gasteiger partial charge in [-0.15, -0.1) is 0 Å². The van der Waals surface area contributed by atoms with Gasteiger partial charge in [0.2, 0.25) is 0 Å². The van der Waals surface area contributed by atoms with E-state index in [0.29, 0.717) is 11.4 Å². The number of rotatable bonds is 5. The Bertz CT molecular complexity index is 537. The summed E-state index contributed by atoms with van der Waals surface area (Å²) in [6.07, 6.45) is 3.02. The average Bonchev–Trinajstić information content (AvgIpc) is 2.78. The number of hydrogen-bond donors (Lipinski definition) is 1. The van der Waals surface area contributed by atoms with Crippen LogP contribution in [0.3, 0.4) is 0 Å². The van der Waals surface area contributed by atoms with Crippen LogP contribution >= 0.6 is 0 Å². The fourth-order valence-electron chi connectivity index (χ4n) is 1.37. The second-order valence-electron chi connectivity index (χ2n) is 3.59. The second kappa shape index (κ2) is 5.31. The van der Waals surface area contributed by atoms with Gasteiger partial charge >= 0.3 is 5.97 Å². The number of halogens is 1. The lowest BCUT2D eigenvalue weighted by Gasteiger charge is -2.01. The summed E-state index contributed by atoms with van der Waals surface area (Å²) in [4.78, 5) is 10.3. The quantitative estimate of drug-likeness (QED) is 0.879. The molecule has 0 aliphatic carbocycles. The lowest BCUT2D eigenvalue weighted by atomic mass is 10.3. The molecule has 1 heterocycles. The number of benzene rings is 1. The molecule has 0 saturated heterocycles. The highest BCUT2D eigenvalue weighted by Gasteiger charge is 2.03. The lowest BCUT2D eigenvalue weighted by molar-refractivity contribution is -0.137. The van der Waals surface area contributed by atoms with E-state index in [2.05, 4.69) is 5.10 Å². The number of carboxylic acids is 1. The van der Waals surface area contributed by atoms with E-state index in [1.165, 1.54) is 23.0 Å². The molecule has 94 valence electrons. The molecule has 1 aromatic heterocycles. The fraction of sp³-hybridized carbons (Fsp3) is 0.167. The van der Waals surface area contributed by atoms with Gasteiger partial charge in [0.05, 0.1) is 31.1 Å². The summed E-state index contributed by atoms with van der Waals surface area (Å²) < 4.78 is 19.5. The Labute approximate surface area is 102 Å². The summed E-state index contributed by atoms with van der Waals surface area (Å²) in [6, 6.07) is 5.84. The highest BCUT2D eigenvalue weighted by atomic mass is 19.1. The topological polar surface area (TPSA) is 64.3 Å². The van der Waals surface area contributed by atoms with Crippen molar-refractivity contribution in [3.63, 3.8) is 0 Å². The van der Waals surface area contributed by atoms with Crippen LogP contribution in [0.15, 0.2) is 36.7 Å². The zero-order valence-corrected chi connectivity index (χ0v) is 9.41. The van der Waals surface area contributed by atoms with Gasteiger partial charge in [-0.2, -0.15) is 5.10 Å². The molecule has 0 unspecified atom stereocenters. The molecular weight excluding hydrogens is 239 g/mol. The van der Waals surface area contributed by atoms with Gasteiger partial charge in [-0.3, -0.25) is 4.79 Å². The standard InChI is InChI=1S/C12H11FN2O3/c13-9-1-3-10(4-2-9)15-8-11(7-14-15)18-6-5-12(16)17/h1-4,7-8H,5-6H2,(H,16,17). The molecule has 0 aliphatic rings. The molecule has 18 heavy (non-hydrogen) atoms. The predicted octanol–water partition coefficient (Wildman–Crippen LogP) is 1.86. The first-order chi connectivity index (χ1) is 8.65. The summed E-state index contributed by atoms with van der Waals surface area (Å²) in [5.74, 6) is -0.759. The third-order valence-corrected chi connectivity index (χ3v) is 2.23. The van der Waals surface area contributed by atoms with Gasteiger partial charge < -0.3 is 9.84 Å². The van der Waals surface area contributed by atoms with Gasteiger partial charge in [0.25, 0.3) is 0 Å². The molecule has 0 atom stereocenters. The van der Waals surface area contributed by atoms with Crippen LogP contribution < -0.4 is 4.74 Å². The van der Waals surface area contributed by atoms with Gasteiger partial charge in [0.1, 0.15) is 5.82 Å². The van der Waals surface area contributed by atoms with Crippen LogP contribution in [-0.4, -0.2) is 27.5 Å². The lowest BCUT2D eigenvalue weighted by Crippen LogP contribution is -2.04. The fourth-order valence-corrected chi connectivity index (χ4v) is 1.37. The molecule has 0 amide bonds. The van der Waals surface area contributed by atoms with Gasteiger partial charge in [-0.1, -0.05) is 0 Å². The van der Waals surface area contributed by atoms with Crippen molar-refractivity contribution in [2.45, 2.75) is 6.42 Å². The van der Waals surface area contributed by atoms with E-state index in [1.54, 1.807) is 18.3 Å². The van der Waals surface area contributed by atoms with Gasteiger partial charge in [-0.05, 0) is 24.3 Å². The SMILES string of the molecule is O=C(O)CCOc1cnn(-c2ccc(F)cc2)c1. The Morgan fingerprint density at radius 1 is 1.39 bits per heavy atom. The first kappa shape index (κ1) is 12.1. The van der Waals surface area contributed by atoms with Crippen molar-refractivity contribution in [2.24, 2.45) is 0 Å². The minimum atomic E-state index is -0.916. The molecule has 1 N–H and O–H groups in total. The van der Waals surface area contributed by atoms with E-state index >= 15 is 0 Å². The molecule has 1 aromatic carbocycles. The van der Waals surface area contributed by atoms with Crippen LogP contribution in [0.4, 0.5) is 4.39 Å². The molecule has 2 aromatic rings. The number of nitrogens with zero attached hydrogens (tertiary/aromatic N) is 2.